The zero-order chi connectivity index (χ0) is 10.5. The monoisotopic (exact) mass is 189 g/mol. The molecule has 0 amide bonds. The SMILES string of the molecule is C=C/C=C(\C=C/C)C(=N)C(F)(F)F. The second-order valence-electron chi connectivity index (χ2n) is 2.23. The van der Waals surface area contributed by atoms with E-state index >= 15 is 0 Å². The van der Waals surface area contributed by atoms with E-state index < -0.39 is 11.9 Å². The minimum absolute atomic E-state index is 0.190. The Hall–Kier alpha value is -1.32. The summed E-state index contributed by atoms with van der Waals surface area (Å²) >= 11 is 0. The fourth-order valence-corrected chi connectivity index (χ4v) is 0.692. The molecule has 0 aliphatic rings. The van der Waals surface area contributed by atoms with Gasteiger partial charge in [-0.05, 0) is 6.92 Å². The topological polar surface area (TPSA) is 23.9 Å². The lowest BCUT2D eigenvalue weighted by molar-refractivity contribution is -0.0588. The first-order valence-electron chi connectivity index (χ1n) is 3.55. The molecule has 0 atom stereocenters. The van der Waals surface area contributed by atoms with Crippen LogP contribution in [0.2, 0.25) is 0 Å². The van der Waals surface area contributed by atoms with E-state index in [1.54, 1.807) is 6.92 Å². The van der Waals surface area contributed by atoms with Gasteiger partial charge in [-0.25, -0.2) is 0 Å². The molecule has 0 aliphatic carbocycles. The predicted molar refractivity (Wildman–Crippen MR) is 46.9 cm³/mol. The number of hydrogen-bond donors (Lipinski definition) is 1. The van der Waals surface area contributed by atoms with E-state index in [2.05, 4.69) is 6.58 Å². The highest BCUT2D eigenvalue weighted by Gasteiger charge is 2.35. The van der Waals surface area contributed by atoms with Crippen LogP contribution in [0.3, 0.4) is 0 Å². The highest BCUT2D eigenvalue weighted by Crippen LogP contribution is 2.21. The molecule has 0 radical (unpaired) electrons. The van der Waals surface area contributed by atoms with Crippen molar-refractivity contribution in [2.75, 3.05) is 0 Å². The maximum atomic E-state index is 12.0. The third-order valence-electron chi connectivity index (χ3n) is 1.22. The second kappa shape index (κ2) is 4.64. The molecule has 0 saturated heterocycles. The number of halogens is 3. The zero-order valence-electron chi connectivity index (χ0n) is 7.15. The van der Waals surface area contributed by atoms with E-state index in [0.717, 1.165) is 6.08 Å². The summed E-state index contributed by atoms with van der Waals surface area (Å²) in [7, 11) is 0. The largest absolute Gasteiger partial charge is 0.433 e. The van der Waals surface area contributed by atoms with Gasteiger partial charge >= 0.3 is 6.18 Å². The first-order chi connectivity index (χ1) is 5.93. The molecule has 0 aromatic heterocycles. The number of hydrogen-bond acceptors (Lipinski definition) is 1. The van der Waals surface area contributed by atoms with Gasteiger partial charge in [0.25, 0.3) is 0 Å². The number of rotatable bonds is 3. The third-order valence-corrected chi connectivity index (χ3v) is 1.22. The van der Waals surface area contributed by atoms with Crippen molar-refractivity contribution in [3.63, 3.8) is 0 Å². The zero-order valence-corrected chi connectivity index (χ0v) is 7.15. The number of alkyl halides is 3. The Bertz CT molecular complexity index is 259. The average molecular weight is 189 g/mol. The van der Waals surface area contributed by atoms with Crippen LogP contribution in [-0.4, -0.2) is 11.9 Å². The van der Waals surface area contributed by atoms with Crippen LogP contribution in [0.25, 0.3) is 0 Å². The molecule has 1 N–H and O–H groups in total. The maximum absolute atomic E-state index is 12.0. The van der Waals surface area contributed by atoms with Crippen molar-refractivity contribution in [1.29, 1.82) is 5.41 Å². The first kappa shape index (κ1) is 11.7. The van der Waals surface area contributed by atoms with E-state index in [9.17, 15) is 13.2 Å². The fourth-order valence-electron chi connectivity index (χ4n) is 0.692. The molecule has 0 rings (SSSR count). The van der Waals surface area contributed by atoms with Crippen molar-refractivity contribution in [1.82, 2.24) is 0 Å². The lowest BCUT2D eigenvalue weighted by atomic mass is 10.1. The molecule has 72 valence electrons. The molecule has 0 unspecified atom stereocenters. The van der Waals surface area contributed by atoms with Gasteiger partial charge in [0.05, 0.1) is 0 Å². The molecule has 0 aromatic carbocycles. The molecule has 4 heteroatoms. The minimum Gasteiger partial charge on any atom is -0.296 e. The predicted octanol–water partition coefficient (Wildman–Crippen LogP) is 3.26. The van der Waals surface area contributed by atoms with Crippen molar-refractivity contribution in [2.45, 2.75) is 13.1 Å². The van der Waals surface area contributed by atoms with Crippen LogP contribution >= 0.6 is 0 Å². The average Bonchev–Trinajstić information content (AvgIpc) is 2.01. The molecule has 1 nitrogen and oxygen atoms in total. The Labute approximate surface area is 74.8 Å². The van der Waals surface area contributed by atoms with Crippen molar-refractivity contribution in [2.24, 2.45) is 0 Å². The fraction of sp³-hybridized carbons (Fsp3) is 0.222. The standard InChI is InChI=1S/C9H10F3N/c1-3-5-7(6-4-2)8(13)9(10,11)12/h3-6,13H,1H2,2H3/b6-4-,7-5+,13-8?. The van der Waals surface area contributed by atoms with Crippen LogP contribution in [0.5, 0.6) is 0 Å². The smallest absolute Gasteiger partial charge is 0.296 e. The lowest BCUT2D eigenvalue weighted by Crippen LogP contribution is -2.23. The summed E-state index contributed by atoms with van der Waals surface area (Å²) in [6.07, 6.45) is 0.424. The molecule has 0 spiro atoms. The van der Waals surface area contributed by atoms with Gasteiger partial charge in [-0.2, -0.15) is 13.2 Å². The molecule has 0 bridgehead atoms. The molecule has 0 heterocycles. The molecular formula is C9H10F3N. The van der Waals surface area contributed by atoms with Crippen molar-refractivity contribution in [3.8, 4) is 0 Å². The normalized spacial score (nSPS) is 13.4. The summed E-state index contributed by atoms with van der Waals surface area (Å²) < 4.78 is 36.0. The molecule has 13 heavy (non-hydrogen) atoms. The summed E-state index contributed by atoms with van der Waals surface area (Å²) in [4.78, 5) is 0. The molecule has 0 saturated carbocycles. The summed E-state index contributed by atoms with van der Waals surface area (Å²) in [5.74, 6) is 0. The first-order valence-corrected chi connectivity index (χ1v) is 3.55. The quantitative estimate of drug-likeness (QED) is 0.520. The summed E-state index contributed by atoms with van der Waals surface area (Å²) in [6, 6.07) is 0. The Morgan fingerprint density at radius 3 is 2.23 bits per heavy atom. The Morgan fingerprint density at radius 1 is 1.38 bits per heavy atom. The van der Waals surface area contributed by atoms with Crippen LogP contribution < -0.4 is 0 Å². The van der Waals surface area contributed by atoms with Gasteiger partial charge in [-0.3, -0.25) is 5.41 Å². The van der Waals surface area contributed by atoms with Gasteiger partial charge in [0, 0.05) is 5.57 Å². The maximum Gasteiger partial charge on any atom is 0.433 e. The van der Waals surface area contributed by atoms with Crippen molar-refractivity contribution < 1.29 is 13.2 Å². The summed E-state index contributed by atoms with van der Waals surface area (Å²) in [5, 5.41) is 6.81. The molecule has 0 aliphatic heterocycles. The third kappa shape index (κ3) is 3.73. The van der Waals surface area contributed by atoms with Crippen LogP contribution in [-0.2, 0) is 0 Å². The lowest BCUT2D eigenvalue weighted by Gasteiger charge is -2.07. The Balaban J connectivity index is 4.88. The second-order valence-corrected chi connectivity index (χ2v) is 2.23. The van der Waals surface area contributed by atoms with Gasteiger partial charge in [-0.1, -0.05) is 30.9 Å². The Morgan fingerprint density at radius 2 is 1.92 bits per heavy atom. The van der Waals surface area contributed by atoms with Gasteiger partial charge in [0.2, 0.25) is 0 Å². The van der Waals surface area contributed by atoms with E-state index in [0.29, 0.717) is 0 Å². The van der Waals surface area contributed by atoms with E-state index in [-0.39, 0.29) is 5.57 Å². The van der Waals surface area contributed by atoms with E-state index in [4.69, 9.17) is 5.41 Å². The van der Waals surface area contributed by atoms with Crippen LogP contribution in [0.4, 0.5) is 13.2 Å². The van der Waals surface area contributed by atoms with E-state index in [1.165, 1.54) is 18.2 Å². The molecule has 0 aromatic rings. The molecule has 0 fully saturated rings. The number of nitrogens with one attached hydrogen (secondary N) is 1. The van der Waals surface area contributed by atoms with Gasteiger partial charge in [0.1, 0.15) is 5.71 Å². The minimum atomic E-state index is -4.60. The highest BCUT2D eigenvalue weighted by molar-refractivity contribution is 6.04. The highest BCUT2D eigenvalue weighted by atomic mass is 19.4. The summed E-state index contributed by atoms with van der Waals surface area (Å²) in [6.45, 7) is 4.86. The van der Waals surface area contributed by atoms with Gasteiger partial charge in [0.15, 0.2) is 0 Å². The van der Waals surface area contributed by atoms with Crippen molar-refractivity contribution in [3.05, 3.63) is 36.5 Å². The van der Waals surface area contributed by atoms with Crippen LogP contribution in [0.15, 0.2) is 36.5 Å². The van der Waals surface area contributed by atoms with Crippen LogP contribution in [0.1, 0.15) is 6.92 Å². The van der Waals surface area contributed by atoms with Crippen molar-refractivity contribution >= 4 is 5.71 Å². The van der Waals surface area contributed by atoms with E-state index in [1.807, 2.05) is 0 Å². The van der Waals surface area contributed by atoms with Gasteiger partial charge in [-0.15, -0.1) is 0 Å². The Kier molecular flexibility index (Phi) is 4.17. The van der Waals surface area contributed by atoms with Gasteiger partial charge < -0.3 is 0 Å². The van der Waals surface area contributed by atoms with Crippen LogP contribution in [0, 0.1) is 5.41 Å². The molecular weight excluding hydrogens is 179 g/mol. The summed E-state index contributed by atoms with van der Waals surface area (Å²) in [5.41, 5.74) is -1.55. The number of allylic oxidation sites excluding steroid dienone is 5.